The third kappa shape index (κ3) is 7.54. The van der Waals surface area contributed by atoms with E-state index in [0.717, 1.165) is 0 Å². The van der Waals surface area contributed by atoms with Crippen molar-refractivity contribution in [1.82, 2.24) is 5.32 Å². The molecule has 0 aromatic rings. The molecule has 0 amide bonds. The van der Waals surface area contributed by atoms with Crippen molar-refractivity contribution in [3.05, 3.63) is 12.3 Å². The highest BCUT2D eigenvalue weighted by Gasteiger charge is 1.84. The average Bonchev–Trinajstić information content (AvgIpc) is 1.63. The van der Waals surface area contributed by atoms with Crippen molar-refractivity contribution in [3.63, 3.8) is 0 Å². The molecule has 0 heterocycles. The summed E-state index contributed by atoms with van der Waals surface area (Å²) in [5.74, 6) is 0.649. The molecule has 0 aromatic carbocycles. The minimum absolute atomic E-state index is 0.556. The van der Waals surface area contributed by atoms with Crippen molar-refractivity contribution in [2.24, 2.45) is 5.92 Å². The Hall–Kier alpha value is -0.460. The third-order valence-corrected chi connectivity index (χ3v) is 0.911. The van der Waals surface area contributed by atoms with Gasteiger partial charge in [-0.2, -0.15) is 0 Å². The first-order valence-corrected chi connectivity index (χ1v) is 3.55. The molecule has 0 saturated heterocycles. The van der Waals surface area contributed by atoms with Crippen LogP contribution in [-0.4, -0.2) is 6.04 Å². The van der Waals surface area contributed by atoms with Gasteiger partial charge in [-0.3, -0.25) is 0 Å². The Morgan fingerprint density at radius 2 is 1.67 bits per heavy atom. The minimum Gasteiger partial charge on any atom is -0.389 e. The molecule has 9 heavy (non-hydrogen) atoms. The molecule has 0 rings (SSSR count). The summed E-state index contributed by atoms with van der Waals surface area (Å²) in [4.78, 5) is 0. The average molecular weight is 127 g/mol. The fraction of sp³-hybridized carbons (Fsp3) is 0.750. The lowest BCUT2D eigenvalue weighted by molar-refractivity contribution is 0.693. The zero-order valence-electron chi connectivity index (χ0n) is 6.81. The number of nitrogens with one attached hydrogen (secondary N) is 1. The van der Waals surface area contributed by atoms with Crippen LogP contribution in [0.2, 0.25) is 0 Å². The summed E-state index contributed by atoms with van der Waals surface area (Å²) in [6, 6.07) is 0.556. The fourth-order valence-corrected chi connectivity index (χ4v) is 0.440. The maximum atomic E-state index is 3.20. The van der Waals surface area contributed by atoms with Crippen LogP contribution in [0.15, 0.2) is 12.3 Å². The van der Waals surface area contributed by atoms with Crippen LogP contribution in [-0.2, 0) is 0 Å². The minimum atomic E-state index is 0.556. The zero-order chi connectivity index (χ0) is 7.28. The molecule has 0 atom stereocenters. The molecule has 0 aromatic heterocycles. The molecule has 0 saturated carbocycles. The van der Waals surface area contributed by atoms with Crippen LogP contribution in [0.25, 0.3) is 0 Å². The summed E-state index contributed by atoms with van der Waals surface area (Å²) in [6.45, 7) is 8.59. The van der Waals surface area contributed by atoms with Crippen LogP contribution in [0.3, 0.4) is 0 Å². The number of rotatable bonds is 3. The highest BCUT2D eigenvalue weighted by Crippen LogP contribution is 1.91. The maximum Gasteiger partial charge on any atom is 0.0199 e. The molecule has 0 bridgehead atoms. The van der Waals surface area contributed by atoms with E-state index in [4.69, 9.17) is 0 Å². The standard InChI is InChI=1S/C8H17N/c1-7(2)5-6-9-8(3)4/h5-9H,1-4H3/b6-5+. The lowest BCUT2D eigenvalue weighted by atomic mass is 10.2. The van der Waals surface area contributed by atoms with E-state index in [1.54, 1.807) is 0 Å². The highest BCUT2D eigenvalue weighted by molar-refractivity contribution is 4.83. The predicted octanol–water partition coefficient (Wildman–Crippen LogP) is 2.15. The second kappa shape index (κ2) is 4.42. The molecule has 54 valence electrons. The molecular weight excluding hydrogens is 110 g/mol. The molecular formula is C8H17N. The van der Waals surface area contributed by atoms with E-state index in [0.29, 0.717) is 12.0 Å². The smallest absolute Gasteiger partial charge is 0.0199 e. The van der Waals surface area contributed by atoms with Gasteiger partial charge in [-0.15, -0.1) is 0 Å². The van der Waals surface area contributed by atoms with E-state index in [-0.39, 0.29) is 0 Å². The largest absolute Gasteiger partial charge is 0.389 e. The van der Waals surface area contributed by atoms with Gasteiger partial charge < -0.3 is 5.32 Å². The Kier molecular flexibility index (Phi) is 4.20. The summed E-state index contributed by atoms with van der Waals surface area (Å²) < 4.78 is 0. The number of hydrogen-bond acceptors (Lipinski definition) is 1. The maximum absolute atomic E-state index is 3.20. The summed E-state index contributed by atoms with van der Waals surface area (Å²) in [5, 5.41) is 3.20. The lowest BCUT2D eigenvalue weighted by Crippen LogP contribution is -2.15. The Morgan fingerprint density at radius 1 is 1.11 bits per heavy atom. The van der Waals surface area contributed by atoms with E-state index < -0.39 is 0 Å². The van der Waals surface area contributed by atoms with Crippen molar-refractivity contribution in [2.45, 2.75) is 33.7 Å². The van der Waals surface area contributed by atoms with Gasteiger partial charge in [0.1, 0.15) is 0 Å². The second-order valence-corrected chi connectivity index (χ2v) is 2.92. The third-order valence-electron chi connectivity index (χ3n) is 0.911. The Labute approximate surface area is 58.2 Å². The van der Waals surface area contributed by atoms with Crippen LogP contribution >= 0.6 is 0 Å². The van der Waals surface area contributed by atoms with Gasteiger partial charge in [0, 0.05) is 6.04 Å². The van der Waals surface area contributed by atoms with Gasteiger partial charge in [0.2, 0.25) is 0 Å². The molecule has 1 N–H and O–H groups in total. The van der Waals surface area contributed by atoms with Crippen LogP contribution in [0.4, 0.5) is 0 Å². The molecule has 0 fully saturated rings. The van der Waals surface area contributed by atoms with Gasteiger partial charge in [0.25, 0.3) is 0 Å². The first-order valence-electron chi connectivity index (χ1n) is 3.55. The van der Waals surface area contributed by atoms with Crippen molar-refractivity contribution < 1.29 is 0 Å². The molecule has 0 radical (unpaired) electrons. The van der Waals surface area contributed by atoms with E-state index in [9.17, 15) is 0 Å². The van der Waals surface area contributed by atoms with Gasteiger partial charge >= 0.3 is 0 Å². The Morgan fingerprint density at radius 3 is 2.00 bits per heavy atom. The van der Waals surface area contributed by atoms with Crippen molar-refractivity contribution in [1.29, 1.82) is 0 Å². The Bertz CT molecular complexity index is 82.6. The topological polar surface area (TPSA) is 12.0 Å². The highest BCUT2D eigenvalue weighted by atomic mass is 14.9. The molecule has 1 heteroatoms. The van der Waals surface area contributed by atoms with Crippen LogP contribution in [0.5, 0.6) is 0 Å². The quantitative estimate of drug-likeness (QED) is 0.612. The SMILES string of the molecule is CC(C)/C=C/NC(C)C. The van der Waals surface area contributed by atoms with Crippen LogP contribution < -0.4 is 5.32 Å². The molecule has 0 aliphatic rings. The van der Waals surface area contributed by atoms with E-state index in [1.165, 1.54) is 0 Å². The second-order valence-electron chi connectivity index (χ2n) is 2.92. The summed E-state index contributed by atoms with van der Waals surface area (Å²) in [5.41, 5.74) is 0. The summed E-state index contributed by atoms with van der Waals surface area (Å²) >= 11 is 0. The van der Waals surface area contributed by atoms with E-state index >= 15 is 0 Å². The summed E-state index contributed by atoms with van der Waals surface area (Å²) in [7, 11) is 0. The van der Waals surface area contributed by atoms with E-state index in [2.05, 4.69) is 39.1 Å². The van der Waals surface area contributed by atoms with Gasteiger partial charge in [-0.25, -0.2) is 0 Å². The Balaban J connectivity index is 3.25. The van der Waals surface area contributed by atoms with Crippen LogP contribution in [0.1, 0.15) is 27.7 Å². The van der Waals surface area contributed by atoms with Crippen LogP contribution in [0, 0.1) is 5.92 Å². The fourth-order valence-electron chi connectivity index (χ4n) is 0.440. The number of allylic oxidation sites excluding steroid dienone is 1. The lowest BCUT2D eigenvalue weighted by Gasteiger charge is -2.02. The van der Waals surface area contributed by atoms with Crippen molar-refractivity contribution in [3.8, 4) is 0 Å². The van der Waals surface area contributed by atoms with E-state index in [1.807, 2.05) is 6.20 Å². The molecule has 1 nitrogen and oxygen atoms in total. The first kappa shape index (κ1) is 8.54. The molecule has 0 aliphatic carbocycles. The zero-order valence-corrected chi connectivity index (χ0v) is 6.81. The normalized spacial score (nSPS) is 11.8. The summed E-state index contributed by atoms with van der Waals surface area (Å²) in [6.07, 6.45) is 4.18. The van der Waals surface area contributed by atoms with Gasteiger partial charge in [0.15, 0.2) is 0 Å². The molecule has 0 aliphatic heterocycles. The van der Waals surface area contributed by atoms with Gasteiger partial charge in [-0.1, -0.05) is 19.9 Å². The van der Waals surface area contributed by atoms with Gasteiger partial charge in [-0.05, 0) is 26.0 Å². The first-order chi connectivity index (χ1) is 4.13. The molecule has 0 spiro atoms. The monoisotopic (exact) mass is 127 g/mol. The van der Waals surface area contributed by atoms with Gasteiger partial charge in [0.05, 0.1) is 0 Å². The van der Waals surface area contributed by atoms with Crippen molar-refractivity contribution >= 4 is 0 Å². The number of hydrogen-bond donors (Lipinski definition) is 1. The van der Waals surface area contributed by atoms with Crippen molar-refractivity contribution in [2.75, 3.05) is 0 Å². The molecule has 0 unspecified atom stereocenters. The predicted molar refractivity (Wildman–Crippen MR) is 42.2 cm³/mol.